The maximum absolute atomic E-state index is 11.3. The van der Waals surface area contributed by atoms with Crippen LogP contribution in [0, 0.1) is 0 Å². The number of hydrogen-bond donors (Lipinski definition) is 1. The lowest BCUT2D eigenvalue weighted by Crippen LogP contribution is -2.27. The molecule has 1 aromatic carbocycles. The van der Waals surface area contributed by atoms with Crippen LogP contribution in [-0.2, 0) is 16.1 Å². The Labute approximate surface area is 103 Å². The largest absolute Gasteiger partial charge is 0.363 e. The summed E-state index contributed by atoms with van der Waals surface area (Å²) in [7, 11) is 0. The molecule has 1 amide bonds. The van der Waals surface area contributed by atoms with Gasteiger partial charge in [-0.25, -0.2) is 0 Å². The Bertz CT molecular complexity index is 549. The van der Waals surface area contributed by atoms with Gasteiger partial charge in [0.05, 0.1) is 13.2 Å². The minimum absolute atomic E-state index is 0.144. The molecule has 0 aliphatic carbocycles. The van der Waals surface area contributed by atoms with E-state index in [-0.39, 0.29) is 18.6 Å². The number of ether oxygens (including phenoxy) is 1. The average Bonchev–Trinajstić information content (AvgIpc) is 3.16. The molecule has 2 aromatic rings. The predicted molar refractivity (Wildman–Crippen MR) is 61.3 cm³/mol. The fraction of sp³-hybridized carbons (Fsp3) is 0.250. The summed E-state index contributed by atoms with van der Waals surface area (Å²) < 4.78 is 9.91. The van der Waals surface area contributed by atoms with Gasteiger partial charge in [-0.3, -0.25) is 4.79 Å². The summed E-state index contributed by atoms with van der Waals surface area (Å²) in [6.45, 7) is 0.712. The quantitative estimate of drug-likeness (QED) is 0.804. The van der Waals surface area contributed by atoms with Crippen LogP contribution in [0.25, 0.3) is 11.4 Å². The topological polar surface area (TPSA) is 80.6 Å². The molecule has 1 N–H and O–H groups in total. The Morgan fingerprint density at radius 3 is 2.89 bits per heavy atom. The van der Waals surface area contributed by atoms with Gasteiger partial charge in [0.15, 0.2) is 6.10 Å². The molecular weight excluding hydrogens is 234 g/mol. The SMILES string of the molecule is O=C(NCc1nc(-c2ccccc2)no1)C1CO1. The summed E-state index contributed by atoms with van der Waals surface area (Å²) in [5, 5.41) is 6.52. The van der Waals surface area contributed by atoms with Gasteiger partial charge in [0, 0.05) is 5.56 Å². The second-order valence-corrected chi connectivity index (χ2v) is 3.92. The normalized spacial score (nSPS) is 17.4. The molecule has 6 heteroatoms. The lowest BCUT2D eigenvalue weighted by Gasteiger charge is -1.96. The monoisotopic (exact) mass is 245 g/mol. The third kappa shape index (κ3) is 2.38. The van der Waals surface area contributed by atoms with Crippen molar-refractivity contribution in [3.63, 3.8) is 0 Å². The van der Waals surface area contributed by atoms with Crippen molar-refractivity contribution < 1.29 is 14.1 Å². The number of nitrogens with one attached hydrogen (secondary N) is 1. The molecule has 0 bridgehead atoms. The van der Waals surface area contributed by atoms with E-state index in [4.69, 9.17) is 9.26 Å². The minimum atomic E-state index is -0.304. The van der Waals surface area contributed by atoms with Crippen molar-refractivity contribution in [1.29, 1.82) is 0 Å². The number of benzene rings is 1. The summed E-state index contributed by atoms with van der Waals surface area (Å²) in [4.78, 5) is 15.5. The van der Waals surface area contributed by atoms with Gasteiger partial charge in [0.2, 0.25) is 11.7 Å². The first-order valence-corrected chi connectivity index (χ1v) is 5.60. The van der Waals surface area contributed by atoms with Crippen molar-refractivity contribution in [2.24, 2.45) is 0 Å². The number of epoxide rings is 1. The van der Waals surface area contributed by atoms with Crippen LogP contribution in [0.2, 0.25) is 0 Å². The van der Waals surface area contributed by atoms with Gasteiger partial charge in [0.25, 0.3) is 5.91 Å². The molecule has 2 heterocycles. The molecule has 1 aliphatic heterocycles. The van der Waals surface area contributed by atoms with Crippen LogP contribution in [0.1, 0.15) is 5.89 Å². The Morgan fingerprint density at radius 2 is 2.17 bits per heavy atom. The number of carbonyl (C=O) groups is 1. The van der Waals surface area contributed by atoms with Crippen molar-refractivity contribution in [2.45, 2.75) is 12.6 Å². The molecule has 1 aliphatic rings. The molecule has 1 atom stereocenters. The van der Waals surface area contributed by atoms with Crippen molar-refractivity contribution >= 4 is 5.91 Å². The lowest BCUT2D eigenvalue weighted by molar-refractivity contribution is -0.122. The second-order valence-electron chi connectivity index (χ2n) is 3.92. The van der Waals surface area contributed by atoms with E-state index in [1.807, 2.05) is 30.3 Å². The molecule has 0 radical (unpaired) electrons. The molecule has 1 aromatic heterocycles. The zero-order valence-corrected chi connectivity index (χ0v) is 9.50. The third-order valence-electron chi connectivity index (χ3n) is 2.54. The number of hydrogen-bond acceptors (Lipinski definition) is 5. The summed E-state index contributed by atoms with van der Waals surface area (Å²) in [6, 6.07) is 9.51. The van der Waals surface area contributed by atoms with E-state index in [9.17, 15) is 4.79 Å². The van der Waals surface area contributed by atoms with Crippen LogP contribution in [0.5, 0.6) is 0 Å². The highest BCUT2D eigenvalue weighted by molar-refractivity contribution is 5.82. The van der Waals surface area contributed by atoms with Gasteiger partial charge in [-0.1, -0.05) is 35.5 Å². The molecule has 1 fully saturated rings. The number of nitrogens with zero attached hydrogens (tertiary/aromatic N) is 2. The summed E-state index contributed by atoms with van der Waals surface area (Å²) in [5.41, 5.74) is 0.879. The molecule has 1 unspecified atom stereocenters. The number of rotatable bonds is 4. The highest BCUT2D eigenvalue weighted by Crippen LogP contribution is 2.14. The minimum Gasteiger partial charge on any atom is -0.363 e. The predicted octanol–water partition coefficient (Wildman–Crippen LogP) is 0.752. The number of carbonyl (C=O) groups excluding carboxylic acids is 1. The first kappa shape index (κ1) is 10.9. The highest BCUT2D eigenvalue weighted by atomic mass is 16.6. The van der Waals surface area contributed by atoms with Crippen LogP contribution < -0.4 is 5.32 Å². The van der Waals surface area contributed by atoms with E-state index in [2.05, 4.69) is 15.5 Å². The van der Waals surface area contributed by atoms with Crippen molar-refractivity contribution in [1.82, 2.24) is 15.5 Å². The lowest BCUT2D eigenvalue weighted by atomic mass is 10.2. The van der Waals surface area contributed by atoms with E-state index in [1.54, 1.807) is 0 Å². The van der Waals surface area contributed by atoms with Crippen LogP contribution >= 0.6 is 0 Å². The van der Waals surface area contributed by atoms with E-state index >= 15 is 0 Å². The maximum Gasteiger partial charge on any atom is 0.251 e. The Morgan fingerprint density at radius 1 is 1.39 bits per heavy atom. The zero-order chi connectivity index (χ0) is 12.4. The second kappa shape index (κ2) is 4.58. The average molecular weight is 245 g/mol. The fourth-order valence-electron chi connectivity index (χ4n) is 1.51. The van der Waals surface area contributed by atoms with Crippen molar-refractivity contribution in [3.8, 4) is 11.4 Å². The smallest absolute Gasteiger partial charge is 0.251 e. The van der Waals surface area contributed by atoms with Crippen LogP contribution in [-0.4, -0.2) is 28.8 Å². The molecular formula is C12H11N3O3. The summed E-state index contributed by atoms with van der Waals surface area (Å²) in [5.74, 6) is 0.750. The highest BCUT2D eigenvalue weighted by Gasteiger charge is 2.31. The van der Waals surface area contributed by atoms with Crippen LogP contribution in [0.15, 0.2) is 34.9 Å². The molecule has 0 saturated carbocycles. The first-order valence-electron chi connectivity index (χ1n) is 5.60. The molecule has 0 spiro atoms. The molecule has 3 rings (SSSR count). The Hall–Kier alpha value is -2.21. The van der Waals surface area contributed by atoms with Crippen molar-refractivity contribution in [3.05, 3.63) is 36.2 Å². The van der Waals surface area contributed by atoms with Crippen LogP contribution in [0.4, 0.5) is 0 Å². The first-order chi connectivity index (χ1) is 8.83. The number of amides is 1. The maximum atomic E-state index is 11.3. The van der Waals surface area contributed by atoms with Crippen LogP contribution in [0.3, 0.4) is 0 Å². The van der Waals surface area contributed by atoms with E-state index < -0.39 is 0 Å². The van der Waals surface area contributed by atoms with Gasteiger partial charge in [-0.2, -0.15) is 4.98 Å². The fourth-order valence-corrected chi connectivity index (χ4v) is 1.51. The molecule has 18 heavy (non-hydrogen) atoms. The van der Waals surface area contributed by atoms with Gasteiger partial charge in [-0.15, -0.1) is 0 Å². The van der Waals surface area contributed by atoms with Gasteiger partial charge in [-0.05, 0) is 0 Å². The molecule has 92 valence electrons. The van der Waals surface area contributed by atoms with Gasteiger partial charge in [0.1, 0.15) is 0 Å². The molecule has 1 saturated heterocycles. The van der Waals surface area contributed by atoms with E-state index in [0.717, 1.165) is 5.56 Å². The summed E-state index contributed by atoms with van der Waals surface area (Å²) >= 11 is 0. The summed E-state index contributed by atoms with van der Waals surface area (Å²) in [6.07, 6.45) is -0.304. The van der Waals surface area contributed by atoms with Gasteiger partial charge < -0.3 is 14.6 Å². The van der Waals surface area contributed by atoms with Crippen molar-refractivity contribution in [2.75, 3.05) is 6.61 Å². The van der Waals surface area contributed by atoms with E-state index in [1.165, 1.54) is 0 Å². The van der Waals surface area contributed by atoms with E-state index in [0.29, 0.717) is 18.3 Å². The Balaban J connectivity index is 1.64. The Kier molecular flexibility index (Phi) is 2.77. The molecule has 6 nitrogen and oxygen atoms in total. The zero-order valence-electron chi connectivity index (χ0n) is 9.50. The standard InChI is InChI=1S/C12H11N3O3/c16-12(9-7-17-9)13-6-10-14-11(15-18-10)8-4-2-1-3-5-8/h1-5,9H,6-7H2,(H,13,16). The van der Waals surface area contributed by atoms with Gasteiger partial charge >= 0.3 is 0 Å². The number of aromatic nitrogens is 2. The third-order valence-corrected chi connectivity index (χ3v) is 2.54.